The maximum atomic E-state index is 14.0. The molecule has 2 bridgehead atoms. The van der Waals surface area contributed by atoms with E-state index < -0.39 is 11.9 Å². The molecule has 156 valence electrons. The highest BCUT2D eigenvalue weighted by Gasteiger charge is 2.26. The summed E-state index contributed by atoms with van der Waals surface area (Å²) in [6.45, 7) is 4.70. The molecule has 0 saturated carbocycles. The van der Waals surface area contributed by atoms with E-state index in [0.29, 0.717) is 29.1 Å². The molecule has 4 rings (SSSR count). The molecule has 1 aromatic carbocycles. The minimum Gasteiger partial charge on any atom is -0.482 e. The number of ether oxygens (including phenoxy) is 1. The number of rotatable bonds is 2. The molecule has 2 aromatic heterocycles. The van der Waals surface area contributed by atoms with Crippen molar-refractivity contribution in [1.82, 2.24) is 24.9 Å². The normalized spacial score (nSPS) is 16.2. The van der Waals surface area contributed by atoms with E-state index in [4.69, 9.17) is 10.5 Å². The largest absolute Gasteiger partial charge is 0.482 e. The highest BCUT2D eigenvalue weighted by molar-refractivity contribution is 5.95. The quantitative estimate of drug-likeness (QED) is 0.697. The Labute approximate surface area is 173 Å². The second-order valence-electron chi connectivity index (χ2n) is 7.37. The first-order chi connectivity index (χ1) is 14.4. The SMILES string of the molecule is CCCn1nnc2c1-c1cnc(N)c(c1)OC(C)c1cc(F)ccc1C(=O)N(C)C2. The number of pyridine rings is 1. The van der Waals surface area contributed by atoms with Crippen LogP contribution in [0.5, 0.6) is 5.75 Å². The molecule has 3 aromatic rings. The van der Waals surface area contributed by atoms with Gasteiger partial charge in [0.05, 0.1) is 12.2 Å². The fourth-order valence-corrected chi connectivity index (χ4v) is 3.64. The number of nitrogens with zero attached hydrogens (tertiary/aromatic N) is 5. The summed E-state index contributed by atoms with van der Waals surface area (Å²) in [7, 11) is 1.68. The van der Waals surface area contributed by atoms with Crippen molar-refractivity contribution in [2.24, 2.45) is 0 Å². The zero-order valence-electron chi connectivity index (χ0n) is 17.1. The van der Waals surface area contributed by atoms with E-state index in [2.05, 4.69) is 15.3 Å². The highest BCUT2D eigenvalue weighted by atomic mass is 19.1. The third-order valence-electron chi connectivity index (χ3n) is 5.11. The van der Waals surface area contributed by atoms with Gasteiger partial charge in [-0.05, 0) is 37.6 Å². The van der Waals surface area contributed by atoms with Crippen LogP contribution in [-0.2, 0) is 13.1 Å². The maximum absolute atomic E-state index is 14.0. The van der Waals surface area contributed by atoms with Gasteiger partial charge < -0.3 is 15.4 Å². The third kappa shape index (κ3) is 3.47. The minimum absolute atomic E-state index is 0.208. The molecule has 1 aliphatic rings. The number of hydrogen-bond donors (Lipinski definition) is 1. The lowest BCUT2D eigenvalue weighted by Crippen LogP contribution is -2.28. The van der Waals surface area contributed by atoms with Crippen LogP contribution < -0.4 is 10.5 Å². The molecular formula is C21H23FN6O2. The molecule has 0 fully saturated rings. The van der Waals surface area contributed by atoms with Gasteiger partial charge in [0.25, 0.3) is 5.91 Å². The zero-order valence-corrected chi connectivity index (χ0v) is 17.1. The van der Waals surface area contributed by atoms with Crippen LogP contribution in [0, 0.1) is 5.82 Å². The number of nitrogen functional groups attached to an aromatic ring is 1. The molecule has 3 heterocycles. The van der Waals surface area contributed by atoms with Gasteiger partial charge in [-0.1, -0.05) is 12.1 Å². The molecule has 0 spiro atoms. The van der Waals surface area contributed by atoms with Crippen LogP contribution in [0.1, 0.15) is 48.0 Å². The molecule has 9 heteroatoms. The monoisotopic (exact) mass is 410 g/mol. The van der Waals surface area contributed by atoms with Gasteiger partial charge in [0.1, 0.15) is 17.6 Å². The van der Waals surface area contributed by atoms with Gasteiger partial charge in [-0.15, -0.1) is 5.10 Å². The molecule has 2 N–H and O–H groups in total. The Morgan fingerprint density at radius 1 is 1.33 bits per heavy atom. The first kappa shape index (κ1) is 19.8. The summed E-state index contributed by atoms with van der Waals surface area (Å²) in [4.78, 5) is 19.0. The fraction of sp³-hybridized carbons (Fsp3) is 0.333. The Morgan fingerprint density at radius 3 is 2.90 bits per heavy atom. The summed E-state index contributed by atoms with van der Waals surface area (Å²) in [5.41, 5.74) is 8.98. The summed E-state index contributed by atoms with van der Waals surface area (Å²) >= 11 is 0. The van der Waals surface area contributed by atoms with E-state index in [9.17, 15) is 9.18 Å². The average Bonchev–Trinajstić information content (AvgIpc) is 3.10. The number of halogens is 1. The lowest BCUT2D eigenvalue weighted by Gasteiger charge is -2.23. The highest BCUT2D eigenvalue weighted by Crippen LogP contribution is 2.34. The van der Waals surface area contributed by atoms with Crippen molar-refractivity contribution in [1.29, 1.82) is 0 Å². The predicted molar refractivity (Wildman–Crippen MR) is 109 cm³/mol. The molecule has 0 aliphatic carbocycles. The van der Waals surface area contributed by atoms with Crippen molar-refractivity contribution >= 4 is 11.7 Å². The number of benzene rings is 1. The van der Waals surface area contributed by atoms with Crippen molar-refractivity contribution in [3.8, 4) is 17.0 Å². The lowest BCUT2D eigenvalue weighted by molar-refractivity contribution is 0.0778. The van der Waals surface area contributed by atoms with Crippen molar-refractivity contribution in [2.75, 3.05) is 12.8 Å². The molecule has 8 nitrogen and oxygen atoms in total. The molecule has 1 atom stereocenters. The van der Waals surface area contributed by atoms with Gasteiger partial charge in [0, 0.05) is 36.5 Å². The summed E-state index contributed by atoms with van der Waals surface area (Å²) in [6.07, 6.45) is 1.89. The Balaban J connectivity index is 1.92. The molecule has 0 saturated heterocycles. The Bertz CT molecular complexity index is 1110. The standard InChI is InChI=1S/C21H23FN6O2/c1-4-7-28-19-13-8-18(20(23)24-10-13)30-12(2)16-9-14(22)5-6-15(16)21(29)27(3)11-17(19)25-26-28/h5-6,8-10,12H,4,7,11H2,1-3H3,(H2,23,24). The van der Waals surface area contributed by atoms with Crippen LogP contribution in [0.25, 0.3) is 11.3 Å². The van der Waals surface area contributed by atoms with Gasteiger partial charge >= 0.3 is 0 Å². The zero-order chi connectivity index (χ0) is 21.4. The lowest BCUT2D eigenvalue weighted by atomic mass is 10.0. The van der Waals surface area contributed by atoms with Gasteiger partial charge in [0.15, 0.2) is 11.6 Å². The third-order valence-corrected chi connectivity index (χ3v) is 5.11. The van der Waals surface area contributed by atoms with Crippen LogP contribution in [-0.4, -0.2) is 37.8 Å². The molecule has 1 unspecified atom stereocenters. The summed E-state index contributed by atoms with van der Waals surface area (Å²) in [5, 5.41) is 8.57. The Kier molecular flexibility index (Phi) is 5.11. The second-order valence-corrected chi connectivity index (χ2v) is 7.37. The minimum atomic E-state index is -0.620. The predicted octanol–water partition coefficient (Wildman–Crippen LogP) is 3.20. The number of nitrogens with two attached hydrogens (primary N) is 1. The van der Waals surface area contributed by atoms with Gasteiger partial charge in [-0.3, -0.25) is 4.79 Å². The Hall–Kier alpha value is -3.49. The molecule has 1 amide bonds. The number of aryl methyl sites for hydroxylation is 1. The van der Waals surface area contributed by atoms with E-state index >= 15 is 0 Å². The number of fused-ring (bicyclic) bond motifs is 5. The van der Waals surface area contributed by atoms with Crippen LogP contribution in [0.2, 0.25) is 0 Å². The molecule has 0 radical (unpaired) electrons. The van der Waals surface area contributed by atoms with Crippen LogP contribution in [0.4, 0.5) is 10.2 Å². The first-order valence-electron chi connectivity index (χ1n) is 9.78. The maximum Gasteiger partial charge on any atom is 0.254 e. The summed E-state index contributed by atoms with van der Waals surface area (Å²) in [6, 6.07) is 5.84. The van der Waals surface area contributed by atoms with Crippen molar-refractivity contribution < 1.29 is 13.9 Å². The number of aromatic nitrogens is 4. The second kappa shape index (κ2) is 7.74. The van der Waals surface area contributed by atoms with E-state index in [-0.39, 0.29) is 18.3 Å². The molecule has 1 aliphatic heterocycles. The Morgan fingerprint density at radius 2 is 2.13 bits per heavy atom. The molecule has 30 heavy (non-hydrogen) atoms. The van der Waals surface area contributed by atoms with Crippen molar-refractivity contribution in [3.05, 3.63) is 53.1 Å². The number of carbonyl (C=O) groups excluding carboxylic acids is 1. The van der Waals surface area contributed by atoms with Crippen LogP contribution in [0.3, 0.4) is 0 Å². The topological polar surface area (TPSA) is 99.2 Å². The number of amides is 1. The first-order valence-corrected chi connectivity index (χ1v) is 9.78. The van der Waals surface area contributed by atoms with Crippen LogP contribution in [0.15, 0.2) is 30.5 Å². The van der Waals surface area contributed by atoms with Crippen LogP contribution >= 0.6 is 0 Å². The van der Waals surface area contributed by atoms with Crippen molar-refractivity contribution in [3.63, 3.8) is 0 Å². The number of hydrogen-bond acceptors (Lipinski definition) is 6. The van der Waals surface area contributed by atoms with E-state index in [1.54, 1.807) is 35.8 Å². The summed E-state index contributed by atoms with van der Waals surface area (Å²) in [5.74, 6) is -0.143. The van der Waals surface area contributed by atoms with E-state index in [1.807, 2.05) is 6.92 Å². The smallest absolute Gasteiger partial charge is 0.254 e. The van der Waals surface area contributed by atoms with Gasteiger partial charge in [-0.2, -0.15) is 0 Å². The fourth-order valence-electron chi connectivity index (χ4n) is 3.64. The summed E-state index contributed by atoms with van der Waals surface area (Å²) < 4.78 is 21.8. The van der Waals surface area contributed by atoms with Gasteiger partial charge in [0.2, 0.25) is 0 Å². The van der Waals surface area contributed by atoms with Crippen molar-refractivity contribution in [2.45, 2.75) is 39.5 Å². The number of anilines is 1. The van der Waals surface area contributed by atoms with E-state index in [0.717, 1.165) is 17.7 Å². The molecular weight excluding hydrogens is 387 g/mol. The van der Waals surface area contributed by atoms with Gasteiger partial charge in [-0.25, -0.2) is 14.1 Å². The number of carbonyl (C=O) groups is 1. The van der Waals surface area contributed by atoms with E-state index in [1.165, 1.54) is 18.2 Å². The average molecular weight is 410 g/mol.